The summed E-state index contributed by atoms with van der Waals surface area (Å²) in [6.07, 6.45) is 1.49. The second kappa shape index (κ2) is 8.76. The van der Waals surface area contributed by atoms with Crippen LogP contribution in [0, 0.1) is 5.82 Å². The molecule has 0 aliphatic heterocycles. The number of primary sulfonamides is 1. The van der Waals surface area contributed by atoms with Crippen molar-refractivity contribution in [3.8, 4) is 5.69 Å². The number of nitrogens with zero attached hydrogens (tertiary/aromatic N) is 2. The molecule has 9 heteroatoms. The van der Waals surface area contributed by atoms with Gasteiger partial charge < -0.3 is 0 Å². The molecule has 3 N–H and O–H groups in total. The largest absolute Gasteiger partial charge is 0.294 e. The van der Waals surface area contributed by atoms with Gasteiger partial charge in [0.05, 0.1) is 22.7 Å². The highest BCUT2D eigenvalue weighted by atomic mass is 32.2. The third-order valence-electron chi connectivity index (χ3n) is 4.66. The van der Waals surface area contributed by atoms with Crippen molar-refractivity contribution in [2.75, 3.05) is 0 Å². The van der Waals surface area contributed by atoms with Gasteiger partial charge in [-0.25, -0.2) is 22.6 Å². The molecule has 0 aliphatic rings. The number of hydrogen-bond donors (Lipinski definition) is 2. The van der Waals surface area contributed by atoms with Gasteiger partial charge in [0.1, 0.15) is 5.82 Å². The van der Waals surface area contributed by atoms with Crippen molar-refractivity contribution in [3.05, 3.63) is 81.5 Å². The van der Waals surface area contributed by atoms with Crippen LogP contribution >= 0.6 is 0 Å². The molecule has 0 aliphatic carbocycles. The van der Waals surface area contributed by atoms with E-state index in [1.807, 2.05) is 6.92 Å². The highest BCUT2D eigenvalue weighted by Crippen LogP contribution is 2.14. The summed E-state index contributed by atoms with van der Waals surface area (Å²) in [5.74, 6) is -0.376. The Morgan fingerprint density at radius 1 is 1.13 bits per heavy atom. The van der Waals surface area contributed by atoms with Crippen LogP contribution in [-0.4, -0.2) is 23.9 Å². The van der Waals surface area contributed by atoms with Crippen molar-refractivity contribution < 1.29 is 12.8 Å². The zero-order valence-electron chi connectivity index (χ0n) is 16.7. The molecule has 0 atom stereocenters. The minimum Gasteiger partial charge on any atom is -0.294 e. The summed E-state index contributed by atoms with van der Waals surface area (Å²) in [6, 6.07) is 11.8. The van der Waals surface area contributed by atoms with Gasteiger partial charge in [-0.05, 0) is 55.3 Å². The van der Waals surface area contributed by atoms with Crippen LogP contribution in [0.3, 0.4) is 0 Å². The number of aryl methyl sites for hydroxylation is 1. The lowest BCUT2D eigenvalue weighted by molar-refractivity contribution is 0.597. The van der Waals surface area contributed by atoms with Gasteiger partial charge in [-0.1, -0.05) is 25.5 Å². The first-order valence-corrected chi connectivity index (χ1v) is 11.0. The Balaban J connectivity index is 1.93. The van der Waals surface area contributed by atoms with Crippen LogP contribution < -0.4 is 10.7 Å². The predicted octanol–water partition coefficient (Wildman–Crippen LogP) is 2.91. The van der Waals surface area contributed by atoms with Crippen molar-refractivity contribution >= 4 is 15.7 Å². The van der Waals surface area contributed by atoms with Gasteiger partial charge in [0, 0.05) is 11.4 Å². The molecule has 1 aromatic heterocycles. The van der Waals surface area contributed by atoms with Gasteiger partial charge in [-0.2, -0.15) is 0 Å². The van der Waals surface area contributed by atoms with E-state index in [-0.39, 0.29) is 22.8 Å². The number of rotatable bonds is 7. The van der Waals surface area contributed by atoms with Gasteiger partial charge in [-0.3, -0.25) is 14.9 Å². The van der Waals surface area contributed by atoms with Gasteiger partial charge in [0.25, 0.3) is 5.56 Å². The molecule has 3 aromatic rings. The topological polar surface area (TPSA) is 110 Å². The molecule has 30 heavy (non-hydrogen) atoms. The third-order valence-corrected chi connectivity index (χ3v) is 5.59. The molecule has 3 rings (SSSR count). The van der Waals surface area contributed by atoms with E-state index >= 15 is 0 Å². The smallest absolute Gasteiger partial charge is 0.280 e. The quantitative estimate of drug-likeness (QED) is 0.562. The lowest BCUT2D eigenvalue weighted by Gasteiger charge is -2.03. The SMILES string of the molecule is CCCc1[nH]n(-c2ccc(F)cc2)c(=O)c1C(C)=NCc1ccc(S(N)(=O)=O)cc1. The normalized spacial score (nSPS) is 12.3. The van der Waals surface area contributed by atoms with Crippen LogP contribution in [0.1, 0.15) is 37.1 Å². The number of benzene rings is 2. The average Bonchev–Trinajstić information content (AvgIpc) is 3.03. The van der Waals surface area contributed by atoms with Crippen LogP contribution in [0.2, 0.25) is 0 Å². The summed E-state index contributed by atoms with van der Waals surface area (Å²) < 4.78 is 37.3. The first-order valence-electron chi connectivity index (χ1n) is 9.43. The van der Waals surface area contributed by atoms with Crippen molar-refractivity contribution in [1.82, 2.24) is 9.78 Å². The van der Waals surface area contributed by atoms with Gasteiger partial charge >= 0.3 is 0 Å². The Morgan fingerprint density at radius 3 is 2.33 bits per heavy atom. The molecular weight excluding hydrogens is 407 g/mol. The molecule has 1 heterocycles. The van der Waals surface area contributed by atoms with Crippen molar-refractivity contribution in [2.45, 2.75) is 38.1 Å². The molecule has 0 radical (unpaired) electrons. The Kier molecular flexibility index (Phi) is 6.33. The standard InChI is InChI=1S/C21H23FN4O3S/c1-3-4-19-20(21(27)26(25-19)17-9-7-16(22)8-10-17)14(2)24-13-15-5-11-18(12-6-15)30(23,28)29/h5-12,25H,3-4,13H2,1-2H3,(H2,23,28,29). The van der Waals surface area contributed by atoms with Gasteiger partial charge in [0.15, 0.2) is 0 Å². The number of aliphatic imine (C=N–C) groups is 1. The van der Waals surface area contributed by atoms with Gasteiger partial charge in [-0.15, -0.1) is 0 Å². The lowest BCUT2D eigenvalue weighted by atomic mass is 10.1. The Bertz CT molecular complexity index is 1220. The minimum absolute atomic E-state index is 0.0324. The number of sulfonamides is 1. The van der Waals surface area contributed by atoms with Gasteiger partial charge in [0.2, 0.25) is 10.0 Å². The van der Waals surface area contributed by atoms with Crippen LogP contribution in [0.5, 0.6) is 0 Å². The zero-order chi connectivity index (χ0) is 21.9. The molecule has 158 valence electrons. The molecule has 2 aromatic carbocycles. The second-order valence-electron chi connectivity index (χ2n) is 6.92. The molecule has 0 amide bonds. The first-order chi connectivity index (χ1) is 14.2. The molecule has 0 spiro atoms. The summed E-state index contributed by atoms with van der Waals surface area (Å²) in [6.45, 7) is 4.05. The van der Waals surface area contributed by atoms with Crippen molar-refractivity contribution in [3.63, 3.8) is 0 Å². The molecule has 0 unspecified atom stereocenters. The van der Waals surface area contributed by atoms with Crippen LogP contribution in [0.4, 0.5) is 4.39 Å². The highest BCUT2D eigenvalue weighted by Gasteiger charge is 2.17. The van der Waals surface area contributed by atoms with E-state index in [4.69, 9.17) is 5.14 Å². The molecule has 0 saturated carbocycles. The number of nitrogens with two attached hydrogens (primary N) is 1. The maximum absolute atomic E-state index is 13.2. The van der Waals surface area contributed by atoms with Crippen LogP contribution in [0.15, 0.2) is 63.2 Å². The summed E-state index contributed by atoms with van der Waals surface area (Å²) >= 11 is 0. The van der Waals surface area contributed by atoms with E-state index in [1.54, 1.807) is 19.1 Å². The number of nitrogens with one attached hydrogen (secondary N) is 1. The van der Waals surface area contributed by atoms with Crippen molar-refractivity contribution in [2.24, 2.45) is 10.1 Å². The molecule has 0 saturated heterocycles. The second-order valence-corrected chi connectivity index (χ2v) is 8.48. The summed E-state index contributed by atoms with van der Waals surface area (Å²) in [7, 11) is -3.75. The molecular formula is C21H23FN4O3S. The molecule has 0 bridgehead atoms. The number of halogens is 1. The third kappa shape index (κ3) is 4.74. The maximum Gasteiger partial charge on any atom is 0.280 e. The summed E-state index contributed by atoms with van der Waals surface area (Å²) in [5, 5.41) is 8.22. The zero-order valence-corrected chi connectivity index (χ0v) is 17.5. The number of H-pyrrole nitrogens is 1. The van der Waals surface area contributed by atoms with E-state index in [1.165, 1.54) is 41.1 Å². The van der Waals surface area contributed by atoms with E-state index in [9.17, 15) is 17.6 Å². The van der Waals surface area contributed by atoms with E-state index in [0.717, 1.165) is 17.7 Å². The summed E-state index contributed by atoms with van der Waals surface area (Å²) in [4.78, 5) is 17.6. The predicted molar refractivity (Wildman–Crippen MR) is 114 cm³/mol. The van der Waals surface area contributed by atoms with E-state index in [0.29, 0.717) is 23.4 Å². The van der Waals surface area contributed by atoms with Crippen LogP contribution in [0.25, 0.3) is 5.69 Å². The fraction of sp³-hybridized carbons (Fsp3) is 0.238. The number of aromatic amines is 1. The fourth-order valence-electron chi connectivity index (χ4n) is 3.13. The number of hydrogen-bond acceptors (Lipinski definition) is 4. The van der Waals surface area contributed by atoms with E-state index < -0.39 is 10.0 Å². The number of aromatic nitrogens is 2. The summed E-state index contributed by atoms with van der Waals surface area (Å²) in [5.41, 5.74) is 2.89. The monoisotopic (exact) mass is 430 g/mol. The average molecular weight is 431 g/mol. The molecule has 7 nitrogen and oxygen atoms in total. The van der Waals surface area contributed by atoms with Crippen LogP contribution in [-0.2, 0) is 23.0 Å². The Labute approximate surface area is 174 Å². The molecule has 0 fully saturated rings. The Morgan fingerprint density at radius 2 is 1.77 bits per heavy atom. The van der Waals surface area contributed by atoms with Crippen molar-refractivity contribution in [1.29, 1.82) is 0 Å². The highest BCUT2D eigenvalue weighted by molar-refractivity contribution is 7.89. The maximum atomic E-state index is 13.2. The lowest BCUT2D eigenvalue weighted by Crippen LogP contribution is -2.20. The Hall–Kier alpha value is -3.04. The van der Waals surface area contributed by atoms with E-state index in [2.05, 4.69) is 10.1 Å². The minimum atomic E-state index is -3.75. The fourth-order valence-corrected chi connectivity index (χ4v) is 3.65. The first kappa shape index (κ1) is 21.7.